The number of likely N-dealkylation sites (tertiary alicyclic amines) is 1. The third-order valence-corrected chi connectivity index (χ3v) is 5.14. The number of alkyl halides is 3. The summed E-state index contributed by atoms with van der Waals surface area (Å²) in [5.74, 6) is -1.66. The maximum absolute atomic E-state index is 13.0. The standard InChI is InChI=1S/C18H17F3N2O2S/c1-11-4-5-13(9-14(11)18(19,20)21)22-16(24)17(25)23-7-2-3-15(23)12-6-8-26-10-12/h4-6,8-10,15H,2-3,7H2,1H3,(H,22,24)/t15-/m1/s1. The van der Waals surface area contributed by atoms with Crippen LogP contribution in [0.2, 0.25) is 0 Å². The van der Waals surface area contributed by atoms with Gasteiger partial charge < -0.3 is 10.2 Å². The van der Waals surface area contributed by atoms with E-state index in [1.165, 1.54) is 35.3 Å². The SMILES string of the molecule is Cc1ccc(NC(=O)C(=O)N2CCC[C@@H]2c2ccsc2)cc1C(F)(F)F. The number of aryl methyl sites for hydroxylation is 1. The first-order valence-corrected chi connectivity index (χ1v) is 9.03. The van der Waals surface area contributed by atoms with Gasteiger partial charge >= 0.3 is 18.0 Å². The van der Waals surface area contributed by atoms with Gasteiger partial charge in [-0.15, -0.1) is 0 Å². The highest BCUT2D eigenvalue weighted by Crippen LogP contribution is 2.34. The van der Waals surface area contributed by atoms with Crippen LogP contribution >= 0.6 is 11.3 Å². The van der Waals surface area contributed by atoms with E-state index in [0.29, 0.717) is 6.54 Å². The van der Waals surface area contributed by atoms with Gasteiger partial charge in [-0.1, -0.05) is 6.07 Å². The highest BCUT2D eigenvalue weighted by Gasteiger charge is 2.35. The molecule has 1 N–H and O–H groups in total. The summed E-state index contributed by atoms with van der Waals surface area (Å²) < 4.78 is 39.0. The van der Waals surface area contributed by atoms with Crippen LogP contribution in [0.5, 0.6) is 0 Å². The second kappa shape index (κ2) is 7.11. The van der Waals surface area contributed by atoms with E-state index in [-0.39, 0.29) is 17.3 Å². The molecule has 1 fully saturated rings. The average Bonchev–Trinajstić information content (AvgIpc) is 3.25. The zero-order valence-electron chi connectivity index (χ0n) is 14.0. The van der Waals surface area contributed by atoms with Gasteiger partial charge in [-0.25, -0.2) is 0 Å². The van der Waals surface area contributed by atoms with E-state index in [1.807, 2.05) is 16.8 Å². The Hall–Kier alpha value is -2.35. The highest BCUT2D eigenvalue weighted by molar-refractivity contribution is 7.08. The van der Waals surface area contributed by atoms with Crippen LogP contribution in [0.4, 0.5) is 18.9 Å². The fraction of sp³-hybridized carbons (Fsp3) is 0.333. The zero-order chi connectivity index (χ0) is 18.9. The first-order valence-electron chi connectivity index (χ1n) is 8.09. The molecule has 0 bridgehead atoms. The molecule has 0 unspecified atom stereocenters. The molecule has 1 atom stereocenters. The summed E-state index contributed by atoms with van der Waals surface area (Å²) in [6.07, 6.45) is -2.98. The van der Waals surface area contributed by atoms with E-state index < -0.39 is 23.6 Å². The number of thiophene rings is 1. The van der Waals surface area contributed by atoms with Gasteiger partial charge in [-0.05, 0) is 59.9 Å². The Labute approximate surface area is 152 Å². The van der Waals surface area contributed by atoms with Gasteiger partial charge in [0.05, 0.1) is 11.6 Å². The first kappa shape index (κ1) is 18.4. The van der Waals surface area contributed by atoms with Crippen molar-refractivity contribution in [3.63, 3.8) is 0 Å². The Morgan fingerprint density at radius 3 is 2.69 bits per heavy atom. The number of hydrogen-bond donors (Lipinski definition) is 1. The third-order valence-electron chi connectivity index (χ3n) is 4.44. The van der Waals surface area contributed by atoms with Crippen LogP contribution in [0.3, 0.4) is 0 Å². The number of carbonyl (C=O) groups excluding carboxylic acids is 2. The average molecular weight is 382 g/mol. The fourth-order valence-electron chi connectivity index (χ4n) is 3.14. The molecule has 1 saturated heterocycles. The Morgan fingerprint density at radius 2 is 2.04 bits per heavy atom. The molecule has 0 spiro atoms. The van der Waals surface area contributed by atoms with Crippen LogP contribution in [0.25, 0.3) is 0 Å². The Kier molecular flexibility index (Phi) is 5.04. The molecule has 138 valence electrons. The van der Waals surface area contributed by atoms with Crippen molar-refractivity contribution in [2.45, 2.75) is 32.0 Å². The summed E-state index contributed by atoms with van der Waals surface area (Å²) in [6, 6.07) is 5.22. The van der Waals surface area contributed by atoms with Gasteiger partial charge in [0.25, 0.3) is 0 Å². The minimum atomic E-state index is -4.52. The van der Waals surface area contributed by atoms with Crippen LogP contribution in [0, 0.1) is 6.92 Å². The van der Waals surface area contributed by atoms with Crippen LogP contribution < -0.4 is 5.32 Å². The number of benzene rings is 1. The lowest BCUT2D eigenvalue weighted by atomic mass is 10.1. The lowest BCUT2D eigenvalue weighted by Crippen LogP contribution is -2.39. The van der Waals surface area contributed by atoms with Gasteiger partial charge in [0.15, 0.2) is 0 Å². The minimum Gasteiger partial charge on any atom is -0.327 e. The molecule has 2 heterocycles. The molecule has 1 aromatic heterocycles. The molecular formula is C18H17F3N2O2S. The summed E-state index contributed by atoms with van der Waals surface area (Å²) in [6.45, 7) is 1.80. The number of carbonyl (C=O) groups is 2. The lowest BCUT2D eigenvalue weighted by molar-refractivity contribution is -0.143. The van der Waals surface area contributed by atoms with Crippen molar-refractivity contribution in [3.8, 4) is 0 Å². The zero-order valence-corrected chi connectivity index (χ0v) is 14.8. The van der Waals surface area contributed by atoms with Crippen molar-refractivity contribution in [3.05, 3.63) is 51.7 Å². The van der Waals surface area contributed by atoms with Crippen molar-refractivity contribution in [1.82, 2.24) is 4.90 Å². The Bertz CT molecular complexity index is 818. The van der Waals surface area contributed by atoms with Crippen LogP contribution in [0.1, 0.15) is 35.6 Å². The van der Waals surface area contributed by atoms with Gasteiger partial charge in [-0.2, -0.15) is 24.5 Å². The highest BCUT2D eigenvalue weighted by atomic mass is 32.1. The number of nitrogens with zero attached hydrogens (tertiary/aromatic N) is 1. The third kappa shape index (κ3) is 3.75. The van der Waals surface area contributed by atoms with Crippen molar-refractivity contribution in [2.75, 3.05) is 11.9 Å². The van der Waals surface area contributed by atoms with Crippen molar-refractivity contribution in [1.29, 1.82) is 0 Å². The maximum Gasteiger partial charge on any atom is 0.416 e. The van der Waals surface area contributed by atoms with E-state index in [0.717, 1.165) is 24.5 Å². The van der Waals surface area contributed by atoms with Crippen LogP contribution in [0.15, 0.2) is 35.0 Å². The molecule has 1 aliphatic rings. The van der Waals surface area contributed by atoms with E-state index in [4.69, 9.17) is 0 Å². The molecule has 1 aromatic carbocycles. The summed E-state index contributed by atoms with van der Waals surface area (Å²) in [4.78, 5) is 26.3. The van der Waals surface area contributed by atoms with Crippen LogP contribution in [-0.4, -0.2) is 23.3 Å². The molecular weight excluding hydrogens is 365 g/mol. The number of amides is 2. The van der Waals surface area contributed by atoms with E-state index in [1.54, 1.807) is 0 Å². The number of nitrogens with one attached hydrogen (secondary N) is 1. The fourth-order valence-corrected chi connectivity index (χ4v) is 3.85. The van der Waals surface area contributed by atoms with Crippen molar-refractivity contribution in [2.24, 2.45) is 0 Å². The molecule has 2 aromatic rings. The van der Waals surface area contributed by atoms with Gasteiger partial charge in [0.1, 0.15) is 0 Å². The number of halogens is 3. The molecule has 3 rings (SSSR count). The topological polar surface area (TPSA) is 49.4 Å². The molecule has 0 aliphatic carbocycles. The van der Waals surface area contributed by atoms with Gasteiger partial charge in [-0.3, -0.25) is 9.59 Å². The minimum absolute atomic E-state index is 0.0486. The quantitative estimate of drug-likeness (QED) is 0.784. The van der Waals surface area contributed by atoms with Crippen molar-refractivity contribution < 1.29 is 22.8 Å². The predicted octanol–water partition coefficient (Wildman–Crippen LogP) is 4.38. The molecule has 0 radical (unpaired) electrons. The first-order chi connectivity index (χ1) is 12.3. The number of anilines is 1. The van der Waals surface area contributed by atoms with Gasteiger partial charge in [0.2, 0.25) is 0 Å². The smallest absolute Gasteiger partial charge is 0.327 e. The molecule has 1 aliphatic heterocycles. The molecule has 8 heteroatoms. The Morgan fingerprint density at radius 1 is 1.27 bits per heavy atom. The van der Waals surface area contributed by atoms with E-state index in [9.17, 15) is 22.8 Å². The molecule has 0 saturated carbocycles. The van der Waals surface area contributed by atoms with Crippen LogP contribution in [-0.2, 0) is 15.8 Å². The normalized spacial score (nSPS) is 17.4. The predicted molar refractivity (Wildman–Crippen MR) is 92.8 cm³/mol. The van der Waals surface area contributed by atoms with E-state index in [2.05, 4.69) is 5.32 Å². The molecule has 4 nitrogen and oxygen atoms in total. The maximum atomic E-state index is 13.0. The molecule has 2 amide bonds. The van der Waals surface area contributed by atoms with E-state index >= 15 is 0 Å². The second-order valence-corrected chi connectivity index (χ2v) is 6.97. The second-order valence-electron chi connectivity index (χ2n) is 6.19. The number of rotatable bonds is 2. The Balaban J connectivity index is 1.75. The molecule has 26 heavy (non-hydrogen) atoms. The lowest BCUT2D eigenvalue weighted by Gasteiger charge is -2.23. The largest absolute Gasteiger partial charge is 0.416 e. The van der Waals surface area contributed by atoms with Crippen molar-refractivity contribution >= 4 is 28.8 Å². The summed E-state index contributed by atoms with van der Waals surface area (Å²) in [7, 11) is 0. The van der Waals surface area contributed by atoms with Gasteiger partial charge in [0, 0.05) is 12.2 Å². The monoisotopic (exact) mass is 382 g/mol. The summed E-state index contributed by atoms with van der Waals surface area (Å²) in [5, 5.41) is 6.13. The number of hydrogen-bond acceptors (Lipinski definition) is 3. The summed E-state index contributed by atoms with van der Waals surface area (Å²) in [5.41, 5.74) is 0.148. The summed E-state index contributed by atoms with van der Waals surface area (Å²) >= 11 is 1.51.